The molecule has 0 N–H and O–H groups in total. The maximum Gasteiger partial charge on any atom is 0.240 e. The van der Waals surface area contributed by atoms with E-state index >= 15 is 0 Å². The first-order valence-electron chi connectivity index (χ1n) is 9.53. The Hall–Kier alpha value is -2.60. The second kappa shape index (κ2) is 8.19. The molecule has 4 rings (SSSR count). The quantitative estimate of drug-likeness (QED) is 0.568. The van der Waals surface area contributed by atoms with Crippen LogP contribution in [-0.4, -0.2) is 39.7 Å². The van der Waals surface area contributed by atoms with Gasteiger partial charge in [-0.3, -0.25) is 4.79 Å². The smallest absolute Gasteiger partial charge is 0.240 e. The summed E-state index contributed by atoms with van der Waals surface area (Å²) in [6, 6.07) is 20.2. The molecule has 2 aromatic carbocycles. The SMILES string of the molecule is CN(C)C(=O)[C@H](Sc1nnc(C2CC2)n1Cc1ccccc1)c1ccccc1. The molecule has 144 valence electrons. The van der Waals surface area contributed by atoms with E-state index in [-0.39, 0.29) is 11.2 Å². The fourth-order valence-corrected chi connectivity index (χ4v) is 4.36. The van der Waals surface area contributed by atoms with Gasteiger partial charge in [0.05, 0.1) is 6.54 Å². The first kappa shape index (κ1) is 18.7. The van der Waals surface area contributed by atoms with E-state index in [1.54, 1.807) is 19.0 Å². The highest BCUT2D eigenvalue weighted by molar-refractivity contribution is 8.00. The first-order valence-corrected chi connectivity index (χ1v) is 10.4. The summed E-state index contributed by atoms with van der Waals surface area (Å²) >= 11 is 1.49. The molecule has 1 saturated carbocycles. The van der Waals surface area contributed by atoms with Gasteiger partial charge in [0.15, 0.2) is 5.16 Å². The minimum absolute atomic E-state index is 0.0541. The van der Waals surface area contributed by atoms with E-state index in [9.17, 15) is 4.79 Å². The zero-order valence-corrected chi connectivity index (χ0v) is 17.0. The van der Waals surface area contributed by atoms with E-state index < -0.39 is 0 Å². The third kappa shape index (κ3) is 4.12. The largest absolute Gasteiger partial charge is 0.348 e. The summed E-state index contributed by atoms with van der Waals surface area (Å²) in [5.74, 6) is 1.58. The number of carbonyl (C=O) groups excluding carboxylic acids is 1. The Labute approximate surface area is 169 Å². The summed E-state index contributed by atoms with van der Waals surface area (Å²) in [7, 11) is 3.59. The molecule has 0 bridgehead atoms. The van der Waals surface area contributed by atoms with Crippen molar-refractivity contribution in [1.82, 2.24) is 19.7 Å². The number of nitrogens with zero attached hydrogens (tertiary/aromatic N) is 4. The predicted octanol–water partition coefficient (Wildman–Crippen LogP) is 4.13. The van der Waals surface area contributed by atoms with Crippen molar-refractivity contribution in [1.29, 1.82) is 0 Å². The van der Waals surface area contributed by atoms with Crippen LogP contribution in [0.15, 0.2) is 65.8 Å². The molecule has 5 nitrogen and oxygen atoms in total. The minimum Gasteiger partial charge on any atom is -0.348 e. The van der Waals surface area contributed by atoms with Gasteiger partial charge in [-0.25, -0.2) is 0 Å². The number of benzene rings is 2. The van der Waals surface area contributed by atoms with Crippen molar-refractivity contribution in [2.45, 2.75) is 35.7 Å². The average Bonchev–Trinajstić information content (AvgIpc) is 3.49. The molecule has 1 aliphatic carbocycles. The highest BCUT2D eigenvalue weighted by Crippen LogP contribution is 2.42. The lowest BCUT2D eigenvalue weighted by atomic mass is 10.1. The van der Waals surface area contributed by atoms with Gasteiger partial charge in [0, 0.05) is 20.0 Å². The summed E-state index contributed by atoms with van der Waals surface area (Å²) in [6.45, 7) is 0.722. The number of likely N-dealkylation sites (N-methyl/N-ethyl adjacent to an activating group) is 1. The van der Waals surface area contributed by atoms with Crippen molar-refractivity contribution in [2.24, 2.45) is 0 Å². The molecule has 1 heterocycles. The fraction of sp³-hybridized carbons (Fsp3) is 0.318. The second-order valence-corrected chi connectivity index (χ2v) is 8.40. The van der Waals surface area contributed by atoms with Crippen LogP contribution in [-0.2, 0) is 11.3 Å². The number of rotatable bonds is 7. The summed E-state index contributed by atoms with van der Waals surface area (Å²) in [5.41, 5.74) is 2.19. The van der Waals surface area contributed by atoms with E-state index in [1.165, 1.54) is 17.3 Å². The maximum atomic E-state index is 12.9. The highest BCUT2D eigenvalue weighted by atomic mass is 32.2. The van der Waals surface area contributed by atoms with Gasteiger partial charge in [-0.15, -0.1) is 10.2 Å². The van der Waals surface area contributed by atoms with Crippen LogP contribution >= 0.6 is 11.8 Å². The lowest BCUT2D eigenvalue weighted by Crippen LogP contribution is -2.27. The third-order valence-electron chi connectivity index (χ3n) is 4.86. The van der Waals surface area contributed by atoms with Gasteiger partial charge in [0.25, 0.3) is 0 Å². The van der Waals surface area contributed by atoms with E-state index in [0.29, 0.717) is 5.92 Å². The maximum absolute atomic E-state index is 12.9. The number of carbonyl (C=O) groups is 1. The molecule has 0 unspecified atom stereocenters. The van der Waals surface area contributed by atoms with Crippen molar-refractivity contribution in [3.8, 4) is 0 Å². The van der Waals surface area contributed by atoms with Gasteiger partial charge in [0.1, 0.15) is 11.1 Å². The van der Waals surface area contributed by atoms with Crippen LogP contribution in [0.3, 0.4) is 0 Å². The lowest BCUT2D eigenvalue weighted by molar-refractivity contribution is -0.128. The van der Waals surface area contributed by atoms with Gasteiger partial charge in [-0.2, -0.15) is 0 Å². The Morgan fingerprint density at radius 3 is 2.32 bits per heavy atom. The number of aromatic nitrogens is 3. The Morgan fingerprint density at radius 1 is 1.07 bits per heavy atom. The van der Waals surface area contributed by atoms with Crippen LogP contribution in [0.2, 0.25) is 0 Å². The standard InChI is InChI=1S/C22H24N4OS/c1-25(2)21(27)19(17-11-7-4-8-12-17)28-22-24-23-20(18-13-14-18)26(22)15-16-9-5-3-6-10-16/h3-12,18-19H,13-15H2,1-2H3/t19-/m1/s1. The number of amides is 1. The van der Waals surface area contributed by atoms with Gasteiger partial charge in [-0.1, -0.05) is 72.4 Å². The van der Waals surface area contributed by atoms with Crippen LogP contribution in [0.25, 0.3) is 0 Å². The first-order chi connectivity index (χ1) is 13.6. The lowest BCUT2D eigenvalue weighted by Gasteiger charge is -2.20. The number of hydrogen-bond acceptors (Lipinski definition) is 4. The third-order valence-corrected chi connectivity index (χ3v) is 6.08. The summed E-state index contributed by atoms with van der Waals surface area (Å²) in [4.78, 5) is 14.6. The van der Waals surface area contributed by atoms with Crippen molar-refractivity contribution >= 4 is 17.7 Å². The Morgan fingerprint density at radius 2 is 1.71 bits per heavy atom. The van der Waals surface area contributed by atoms with E-state index in [1.807, 2.05) is 48.5 Å². The topological polar surface area (TPSA) is 51.0 Å². The molecule has 1 amide bonds. The number of thioether (sulfide) groups is 1. The summed E-state index contributed by atoms with van der Waals surface area (Å²) in [6.07, 6.45) is 2.33. The molecule has 6 heteroatoms. The summed E-state index contributed by atoms with van der Waals surface area (Å²) < 4.78 is 2.19. The van der Waals surface area contributed by atoms with Gasteiger partial charge in [0.2, 0.25) is 5.91 Å². The molecule has 0 saturated heterocycles. The van der Waals surface area contributed by atoms with Gasteiger partial charge in [-0.05, 0) is 24.0 Å². The fourth-order valence-electron chi connectivity index (χ4n) is 3.17. The molecule has 1 aliphatic rings. The zero-order chi connectivity index (χ0) is 19.5. The van der Waals surface area contributed by atoms with Crippen LogP contribution in [0.4, 0.5) is 0 Å². The Balaban J connectivity index is 1.68. The minimum atomic E-state index is -0.345. The van der Waals surface area contributed by atoms with Crippen molar-refractivity contribution in [3.63, 3.8) is 0 Å². The normalized spacial score (nSPS) is 14.6. The molecule has 28 heavy (non-hydrogen) atoms. The monoisotopic (exact) mass is 392 g/mol. The van der Waals surface area contributed by atoms with Crippen LogP contribution in [0.1, 0.15) is 41.0 Å². The van der Waals surface area contributed by atoms with Crippen LogP contribution < -0.4 is 0 Å². The van der Waals surface area contributed by atoms with Crippen LogP contribution in [0, 0.1) is 0 Å². The molecular formula is C22H24N4OS. The van der Waals surface area contributed by atoms with Crippen molar-refractivity contribution in [3.05, 3.63) is 77.6 Å². The highest BCUT2D eigenvalue weighted by Gasteiger charge is 2.32. The summed E-state index contributed by atoms with van der Waals surface area (Å²) in [5, 5.41) is 9.43. The van der Waals surface area contributed by atoms with Gasteiger partial charge >= 0.3 is 0 Å². The van der Waals surface area contributed by atoms with Crippen molar-refractivity contribution in [2.75, 3.05) is 14.1 Å². The molecule has 0 aliphatic heterocycles. The zero-order valence-electron chi connectivity index (χ0n) is 16.2. The van der Waals surface area contributed by atoms with Crippen molar-refractivity contribution < 1.29 is 4.79 Å². The molecule has 1 aromatic heterocycles. The average molecular weight is 393 g/mol. The molecular weight excluding hydrogens is 368 g/mol. The van der Waals surface area contributed by atoms with E-state index in [2.05, 4.69) is 26.9 Å². The van der Waals surface area contributed by atoms with Crippen LogP contribution in [0.5, 0.6) is 0 Å². The van der Waals surface area contributed by atoms with Gasteiger partial charge < -0.3 is 9.47 Å². The second-order valence-electron chi connectivity index (χ2n) is 7.33. The predicted molar refractivity (Wildman–Crippen MR) is 111 cm³/mol. The van der Waals surface area contributed by atoms with E-state index in [4.69, 9.17) is 0 Å². The Kier molecular flexibility index (Phi) is 5.48. The molecule has 1 fully saturated rings. The van der Waals surface area contributed by atoms with E-state index in [0.717, 1.165) is 35.9 Å². The molecule has 1 atom stereocenters. The molecule has 3 aromatic rings. The molecule has 0 spiro atoms. The Bertz CT molecular complexity index is 936. The molecule has 0 radical (unpaired) electrons. The number of hydrogen-bond donors (Lipinski definition) is 0.